The van der Waals surface area contributed by atoms with Crippen molar-refractivity contribution in [2.24, 2.45) is 10.3 Å². The average molecular weight is 379 g/mol. The summed E-state index contributed by atoms with van der Waals surface area (Å²) in [7, 11) is -1.33. The van der Waals surface area contributed by atoms with E-state index in [0.717, 1.165) is 29.7 Å². The fraction of sp³-hybridized carbons (Fsp3) is 0.368. The zero-order valence-corrected chi connectivity index (χ0v) is 16.0. The van der Waals surface area contributed by atoms with Crippen molar-refractivity contribution in [2.75, 3.05) is 0 Å². The van der Waals surface area contributed by atoms with Gasteiger partial charge in [-0.05, 0) is 70.0 Å². The molecule has 0 bridgehead atoms. The Morgan fingerprint density at radius 1 is 1.24 bits per heavy atom. The summed E-state index contributed by atoms with van der Waals surface area (Å²) in [5.74, 6) is 0.0117. The molecule has 6 heteroatoms. The molecule has 1 heterocycles. The lowest BCUT2D eigenvalue weighted by Gasteiger charge is -2.15. The van der Waals surface area contributed by atoms with Crippen LogP contribution >= 0.6 is 11.6 Å². The molecule has 1 aliphatic rings. The molecule has 0 spiro atoms. The standard InChI is InChI=1S/C19H20ClFN2OS/c1-19(2,3)25(24)23-18(13-4-5-13)14-10-16(22-17(20)11-14)12-6-8-15(21)9-7-12/h6-11,13H,4-5H2,1-3H3. The van der Waals surface area contributed by atoms with Crippen LogP contribution in [-0.2, 0) is 11.0 Å². The summed E-state index contributed by atoms with van der Waals surface area (Å²) in [5.41, 5.74) is 3.08. The van der Waals surface area contributed by atoms with Crippen LogP contribution < -0.4 is 0 Å². The van der Waals surface area contributed by atoms with Gasteiger partial charge in [0.1, 0.15) is 22.0 Å². The first-order valence-electron chi connectivity index (χ1n) is 8.18. The minimum atomic E-state index is -1.33. The molecular formula is C19H20ClFN2OS. The number of benzene rings is 1. The minimum absolute atomic E-state index is 0.299. The average Bonchev–Trinajstić information content (AvgIpc) is 3.36. The Labute approximate surface area is 154 Å². The largest absolute Gasteiger partial charge is 0.236 e. The van der Waals surface area contributed by atoms with Crippen molar-refractivity contribution in [3.05, 3.63) is 52.9 Å². The number of hydrogen-bond donors (Lipinski definition) is 0. The summed E-state index contributed by atoms with van der Waals surface area (Å²) in [4.78, 5) is 4.34. The van der Waals surface area contributed by atoms with Gasteiger partial charge >= 0.3 is 0 Å². The van der Waals surface area contributed by atoms with Crippen LogP contribution in [0.2, 0.25) is 5.15 Å². The second-order valence-corrected chi connectivity index (χ2v) is 9.48. The van der Waals surface area contributed by atoms with Gasteiger partial charge in [-0.2, -0.15) is 4.40 Å². The Balaban J connectivity index is 2.04. The molecule has 1 saturated carbocycles. The van der Waals surface area contributed by atoms with Gasteiger partial charge in [0.2, 0.25) is 0 Å². The lowest BCUT2D eigenvalue weighted by atomic mass is 10.0. The molecule has 1 aliphatic carbocycles. The van der Waals surface area contributed by atoms with Crippen molar-refractivity contribution in [1.82, 2.24) is 4.98 Å². The minimum Gasteiger partial charge on any atom is -0.236 e. The molecular weight excluding hydrogens is 359 g/mol. The highest BCUT2D eigenvalue weighted by atomic mass is 35.5. The SMILES string of the molecule is CC(C)(C)S(=O)N=C(c1cc(Cl)nc(-c2ccc(F)cc2)c1)C1CC1. The smallest absolute Gasteiger partial charge is 0.145 e. The Morgan fingerprint density at radius 2 is 1.88 bits per heavy atom. The molecule has 1 aromatic heterocycles. The van der Waals surface area contributed by atoms with Gasteiger partial charge in [-0.15, -0.1) is 0 Å². The van der Waals surface area contributed by atoms with Gasteiger partial charge in [0.15, 0.2) is 0 Å². The van der Waals surface area contributed by atoms with Crippen molar-refractivity contribution in [2.45, 2.75) is 38.4 Å². The number of hydrogen-bond acceptors (Lipinski definition) is 2. The molecule has 0 N–H and O–H groups in total. The van der Waals surface area contributed by atoms with Gasteiger partial charge in [-0.1, -0.05) is 11.6 Å². The summed E-state index contributed by atoms with van der Waals surface area (Å²) >= 11 is 6.21. The molecule has 0 radical (unpaired) electrons. The third-order valence-corrected chi connectivity index (χ3v) is 5.50. The van der Waals surface area contributed by atoms with Crippen LogP contribution in [0.4, 0.5) is 4.39 Å². The molecule has 25 heavy (non-hydrogen) atoms. The number of rotatable bonds is 4. The van der Waals surface area contributed by atoms with Crippen LogP contribution in [0.3, 0.4) is 0 Å². The Morgan fingerprint density at radius 3 is 2.44 bits per heavy atom. The van der Waals surface area contributed by atoms with Gasteiger partial charge in [0, 0.05) is 17.0 Å². The van der Waals surface area contributed by atoms with Crippen molar-refractivity contribution in [3.8, 4) is 11.3 Å². The molecule has 132 valence electrons. The van der Waals surface area contributed by atoms with E-state index >= 15 is 0 Å². The third kappa shape index (κ3) is 4.53. The van der Waals surface area contributed by atoms with Gasteiger partial charge in [-0.3, -0.25) is 0 Å². The van der Waals surface area contributed by atoms with Crippen LogP contribution in [-0.4, -0.2) is 19.7 Å². The van der Waals surface area contributed by atoms with E-state index in [2.05, 4.69) is 9.38 Å². The van der Waals surface area contributed by atoms with E-state index in [1.807, 2.05) is 26.8 Å². The number of pyridine rings is 1. The van der Waals surface area contributed by atoms with E-state index in [-0.39, 0.29) is 5.82 Å². The molecule has 1 fully saturated rings. The fourth-order valence-corrected chi connectivity index (χ4v) is 3.27. The highest BCUT2D eigenvalue weighted by molar-refractivity contribution is 7.85. The molecule has 0 aliphatic heterocycles. The maximum Gasteiger partial charge on any atom is 0.145 e. The van der Waals surface area contributed by atoms with Crippen LogP contribution in [0.25, 0.3) is 11.3 Å². The fourth-order valence-electron chi connectivity index (χ4n) is 2.36. The number of aromatic nitrogens is 1. The van der Waals surface area contributed by atoms with Crippen molar-refractivity contribution < 1.29 is 8.60 Å². The summed E-state index contributed by atoms with van der Waals surface area (Å²) < 4.78 is 29.7. The van der Waals surface area contributed by atoms with Crippen LogP contribution in [0.15, 0.2) is 40.8 Å². The molecule has 3 rings (SSSR count). The Bertz CT molecular complexity index is 839. The summed E-state index contributed by atoms with van der Waals surface area (Å²) in [5, 5.41) is 0.340. The lowest BCUT2D eigenvalue weighted by Crippen LogP contribution is -2.21. The van der Waals surface area contributed by atoms with E-state index in [4.69, 9.17) is 11.6 Å². The van der Waals surface area contributed by atoms with Crippen molar-refractivity contribution >= 4 is 28.3 Å². The maximum atomic E-state index is 13.2. The quantitative estimate of drug-likeness (QED) is 0.541. The topological polar surface area (TPSA) is 42.3 Å². The summed E-state index contributed by atoms with van der Waals surface area (Å²) in [6.45, 7) is 5.71. The zero-order chi connectivity index (χ0) is 18.2. The van der Waals surface area contributed by atoms with Crippen LogP contribution in [0.1, 0.15) is 39.2 Å². The highest BCUT2D eigenvalue weighted by Crippen LogP contribution is 2.35. The number of halogens is 2. The zero-order valence-electron chi connectivity index (χ0n) is 14.4. The van der Waals surface area contributed by atoms with Gasteiger partial charge in [0.25, 0.3) is 0 Å². The van der Waals surface area contributed by atoms with Gasteiger partial charge in [-0.25, -0.2) is 13.6 Å². The first kappa shape index (κ1) is 18.2. The molecule has 0 amide bonds. The first-order valence-corrected chi connectivity index (χ1v) is 9.67. The van der Waals surface area contributed by atoms with Crippen molar-refractivity contribution in [1.29, 1.82) is 0 Å². The molecule has 1 unspecified atom stereocenters. The van der Waals surface area contributed by atoms with E-state index in [1.54, 1.807) is 18.2 Å². The van der Waals surface area contributed by atoms with Crippen molar-refractivity contribution in [3.63, 3.8) is 0 Å². The van der Waals surface area contributed by atoms with Crippen LogP contribution in [0.5, 0.6) is 0 Å². The molecule has 1 atom stereocenters. The van der Waals surface area contributed by atoms with E-state index in [1.165, 1.54) is 12.1 Å². The molecule has 3 nitrogen and oxygen atoms in total. The normalized spacial score (nSPS) is 16.8. The molecule has 2 aromatic rings. The summed E-state index contributed by atoms with van der Waals surface area (Å²) in [6, 6.07) is 9.75. The Kier molecular flexibility index (Phi) is 5.07. The predicted octanol–water partition coefficient (Wildman–Crippen LogP) is 5.20. The second-order valence-electron chi connectivity index (χ2n) is 7.18. The molecule has 1 aromatic carbocycles. The van der Waals surface area contributed by atoms with E-state index in [0.29, 0.717) is 16.8 Å². The first-order chi connectivity index (χ1) is 11.7. The second kappa shape index (κ2) is 6.96. The maximum absolute atomic E-state index is 13.2. The van der Waals surface area contributed by atoms with E-state index < -0.39 is 15.7 Å². The van der Waals surface area contributed by atoms with Gasteiger partial charge in [0.05, 0.1) is 16.2 Å². The molecule has 0 saturated heterocycles. The lowest BCUT2D eigenvalue weighted by molar-refractivity contribution is 0.628. The van der Waals surface area contributed by atoms with Gasteiger partial charge < -0.3 is 0 Å². The third-order valence-electron chi connectivity index (χ3n) is 3.90. The highest BCUT2D eigenvalue weighted by Gasteiger charge is 2.31. The monoisotopic (exact) mass is 378 g/mol. The number of nitrogens with zero attached hydrogens (tertiary/aromatic N) is 2. The predicted molar refractivity (Wildman–Crippen MR) is 102 cm³/mol. The van der Waals surface area contributed by atoms with E-state index in [9.17, 15) is 8.60 Å². The van der Waals surface area contributed by atoms with Crippen LogP contribution in [0, 0.1) is 11.7 Å². The Hall–Kier alpha value is -1.59. The summed E-state index contributed by atoms with van der Waals surface area (Å²) in [6.07, 6.45) is 2.07.